The number of benzene rings is 2. The van der Waals surface area contributed by atoms with Crippen LogP contribution in [0.25, 0.3) is 0 Å². The molecule has 5 rings (SSSR count). The minimum atomic E-state index is -4.01. The van der Waals surface area contributed by atoms with Gasteiger partial charge in [0.05, 0.1) is 21.5 Å². The molecule has 2 aromatic carbocycles. The van der Waals surface area contributed by atoms with Crippen molar-refractivity contribution in [3.8, 4) is 0 Å². The van der Waals surface area contributed by atoms with E-state index in [-0.39, 0.29) is 28.6 Å². The van der Waals surface area contributed by atoms with Crippen molar-refractivity contribution >= 4 is 49.5 Å². The molecule has 0 radical (unpaired) electrons. The predicted octanol–water partition coefficient (Wildman–Crippen LogP) is 3.69. The zero-order valence-corrected chi connectivity index (χ0v) is 20.7. The van der Waals surface area contributed by atoms with Gasteiger partial charge in [-0.05, 0) is 61.4 Å². The number of fused-ring (bicyclic) bond motifs is 4. The Kier molecular flexibility index (Phi) is 5.84. The lowest BCUT2D eigenvalue weighted by Crippen LogP contribution is -2.51. The zero-order chi connectivity index (χ0) is 24.3. The molecule has 3 unspecified atom stereocenters. The van der Waals surface area contributed by atoms with Crippen LogP contribution in [-0.4, -0.2) is 42.7 Å². The van der Waals surface area contributed by atoms with Gasteiger partial charge in [0, 0.05) is 40.2 Å². The smallest absolute Gasteiger partial charge is 0.282 e. The molecule has 1 saturated heterocycles. The lowest BCUT2D eigenvalue weighted by atomic mass is 9.80. The van der Waals surface area contributed by atoms with E-state index in [0.717, 1.165) is 10.4 Å². The fourth-order valence-corrected chi connectivity index (χ4v) is 7.95. The molecule has 2 bridgehead atoms. The van der Waals surface area contributed by atoms with Gasteiger partial charge >= 0.3 is 0 Å². The number of halogens is 2. The Balaban J connectivity index is 1.59. The van der Waals surface area contributed by atoms with Crippen molar-refractivity contribution in [3.05, 3.63) is 76.0 Å². The maximum atomic E-state index is 13.6. The number of carbonyl (C=O) groups is 1. The van der Waals surface area contributed by atoms with Crippen LogP contribution in [0.15, 0.2) is 64.5 Å². The Morgan fingerprint density at radius 3 is 1.97 bits per heavy atom. The highest BCUT2D eigenvalue weighted by Gasteiger charge is 2.48. The van der Waals surface area contributed by atoms with Crippen molar-refractivity contribution in [2.24, 2.45) is 5.92 Å². The lowest BCUT2D eigenvalue weighted by Gasteiger charge is -2.45. The fraction of sp³-hybridized carbons (Fsp3) is 0.273. The van der Waals surface area contributed by atoms with Crippen LogP contribution in [0.5, 0.6) is 0 Å². The second-order valence-corrected chi connectivity index (χ2v) is 12.9. The monoisotopic (exact) mass is 539 g/mol. The summed E-state index contributed by atoms with van der Waals surface area (Å²) < 4.78 is 55.8. The Bertz CT molecular complexity index is 1470. The predicted molar refractivity (Wildman–Crippen MR) is 126 cm³/mol. The molecule has 0 amide bonds. The SMILES string of the molecule is O=CC1CC2Cc3nn(S(=O)(=O)c4ccc(Cl)cc4)cc3C(C1)N2S(=O)(=O)c1ccc(Cl)cc1. The molecule has 1 aromatic heterocycles. The van der Waals surface area contributed by atoms with Crippen LogP contribution in [0.2, 0.25) is 10.0 Å². The second kappa shape index (κ2) is 8.46. The lowest BCUT2D eigenvalue weighted by molar-refractivity contribution is -0.113. The van der Waals surface area contributed by atoms with Crippen LogP contribution in [0.1, 0.15) is 30.1 Å². The molecule has 1 fully saturated rings. The molecule has 0 saturated carbocycles. The standard InChI is InChI=1S/C22H19Cl2N3O5S2/c23-15-1-5-18(6-2-15)33(29,30)26-12-20-21(25-26)11-17-9-14(13-28)10-22(20)27(17)34(31,32)19-7-3-16(24)4-8-19/h1-8,12-14,17,22H,9-11H2. The number of carbonyl (C=O) groups excluding carboxylic acids is 1. The summed E-state index contributed by atoms with van der Waals surface area (Å²) in [7, 11) is -7.95. The number of aromatic nitrogens is 2. The molecule has 8 nitrogen and oxygen atoms in total. The first-order chi connectivity index (χ1) is 16.1. The first-order valence-electron chi connectivity index (χ1n) is 10.5. The second-order valence-electron chi connectivity index (χ2n) is 8.39. The number of aldehydes is 1. The molecule has 2 aliphatic heterocycles. The summed E-state index contributed by atoms with van der Waals surface area (Å²) in [5, 5.41) is 5.13. The van der Waals surface area contributed by atoms with Crippen LogP contribution < -0.4 is 0 Å². The van der Waals surface area contributed by atoms with Crippen molar-refractivity contribution in [3.63, 3.8) is 0 Å². The maximum Gasteiger partial charge on any atom is 0.282 e. The van der Waals surface area contributed by atoms with Crippen molar-refractivity contribution in [1.29, 1.82) is 0 Å². The van der Waals surface area contributed by atoms with Gasteiger partial charge in [-0.15, -0.1) is 0 Å². The zero-order valence-electron chi connectivity index (χ0n) is 17.6. The van der Waals surface area contributed by atoms with Gasteiger partial charge in [-0.1, -0.05) is 23.2 Å². The van der Waals surface area contributed by atoms with Crippen molar-refractivity contribution in [2.45, 2.75) is 41.1 Å². The third-order valence-corrected chi connectivity index (χ3v) is 10.3. The molecule has 12 heteroatoms. The normalized spacial score (nSPS) is 22.8. The van der Waals surface area contributed by atoms with E-state index in [2.05, 4.69) is 5.10 Å². The van der Waals surface area contributed by atoms with E-state index >= 15 is 0 Å². The van der Waals surface area contributed by atoms with E-state index in [0.29, 0.717) is 27.7 Å². The third-order valence-electron chi connectivity index (χ3n) is 6.30. The molecule has 3 heterocycles. The van der Waals surface area contributed by atoms with Crippen LogP contribution in [-0.2, 0) is 31.3 Å². The van der Waals surface area contributed by atoms with Crippen molar-refractivity contribution in [2.75, 3.05) is 0 Å². The summed E-state index contributed by atoms with van der Waals surface area (Å²) in [4.78, 5) is 11.7. The van der Waals surface area contributed by atoms with E-state index < -0.39 is 32.1 Å². The number of hydrogen-bond donors (Lipinski definition) is 0. The average molecular weight is 540 g/mol. The van der Waals surface area contributed by atoms with Gasteiger partial charge in [0.2, 0.25) is 10.0 Å². The molecule has 2 aliphatic rings. The van der Waals surface area contributed by atoms with Crippen LogP contribution in [0.3, 0.4) is 0 Å². The summed E-state index contributed by atoms with van der Waals surface area (Å²) in [6.07, 6.45) is 2.98. The van der Waals surface area contributed by atoms with Gasteiger partial charge in [-0.3, -0.25) is 0 Å². The topological polar surface area (TPSA) is 106 Å². The fourth-order valence-electron chi connectivity index (χ4n) is 4.73. The molecule has 3 atom stereocenters. The first kappa shape index (κ1) is 23.5. The van der Waals surface area contributed by atoms with E-state index in [1.54, 1.807) is 0 Å². The number of piperidine rings is 1. The summed E-state index contributed by atoms with van der Waals surface area (Å²) in [5.74, 6) is -0.337. The summed E-state index contributed by atoms with van der Waals surface area (Å²) in [6, 6.07) is 10.4. The highest BCUT2D eigenvalue weighted by atomic mass is 35.5. The van der Waals surface area contributed by atoms with E-state index in [4.69, 9.17) is 23.2 Å². The summed E-state index contributed by atoms with van der Waals surface area (Å²) >= 11 is 11.8. The molecular formula is C22H19Cl2N3O5S2. The molecule has 0 spiro atoms. The molecule has 0 N–H and O–H groups in total. The highest BCUT2D eigenvalue weighted by molar-refractivity contribution is 7.90. The van der Waals surface area contributed by atoms with Gasteiger partial charge in [0.15, 0.2) is 0 Å². The molecule has 34 heavy (non-hydrogen) atoms. The number of rotatable bonds is 5. The minimum Gasteiger partial charge on any atom is -0.303 e. The first-order valence-corrected chi connectivity index (χ1v) is 14.1. The molecule has 0 aliphatic carbocycles. The molecular weight excluding hydrogens is 521 g/mol. The Hall–Kier alpha value is -2.24. The average Bonchev–Trinajstić information content (AvgIpc) is 3.24. The van der Waals surface area contributed by atoms with Gasteiger partial charge in [0.1, 0.15) is 6.29 Å². The highest BCUT2D eigenvalue weighted by Crippen LogP contribution is 2.46. The third kappa shape index (κ3) is 3.87. The van der Waals surface area contributed by atoms with Crippen LogP contribution >= 0.6 is 23.2 Å². The number of hydrogen-bond acceptors (Lipinski definition) is 6. The van der Waals surface area contributed by atoms with E-state index in [9.17, 15) is 21.6 Å². The summed E-state index contributed by atoms with van der Waals surface area (Å²) in [5.41, 5.74) is 0.998. The number of sulfonamides is 1. The van der Waals surface area contributed by atoms with Crippen LogP contribution in [0.4, 0.5) is 0 Å². The Morgan fingerprint density at radius 1 is 0.853 bits per heavy atom. The van der Waals surface area contributed by atoms with Gasteiger partial charge in [-0.2, -0.15) is 21.9 Å². The van der Waals surface area contributed by atoms with E-state index in [1.165, 1.54) is 59.0 Å². The van der Waals surface area contributed by atoms with Crippen molar-refractivity contribution in [1.82, 2.24) is 13.5 Å². The Labute approximate surface area is 207 Å². The van der Waals surface area contributed by atoms with E-state index in [1.807, 2.05) is 0 Å². The largest absolute Gasteiger partial charge is 0.303 e. The molecule has 3 aromatic rings. The quantitative estimate of drug-likeness (QED) is 0.457. The maximum absolute atomic E-state index is 13.6. The van der Waals surface area contributed by atoms with Gasteiger partial charge in [-0.25, -0.2) is 8.42 Å². The minimum absolute atomic E-state index is 0.0103. The van der Waals surface area contributed by atoms with Crippen LogP contribution in [0, 0.1) is 5.92 Å². The number of nitrogens with zero attached hydrogens (tertiary/aromatic N) is 3. The van der Waals surface area contributed by atoms with Gasteiger partial charge in [0.25, 0.3) is 10.0 Å². The van der Waals surface area contributed by atoms with Gasteiger partial charge < -0.3 is 4.79 Å². The van der Waals surface area contributed by atoms with Crippen molar-refractivity contribution < 1.29 is 21.6 Å². The summed E-state index contributed by atoms with van der Waals surface area (Å²) in [6.45, 7) is 0. The molecule has 178 valence electrons. The Morgan fingerprint density at radius 2 is 1.41 bits per heavy atom.